The van der Waals surface area contributed by atoms with Gasteiger partial charge in [0.25, 0.3) is 0 Å². The standard InChI is InChI=1S/C18H29FN4O2/c1-14(21-18(24)13-20-6-11-25-3)16-12-15(19)4-5-17(16)23-9-7-22(2)8-10-23/h4-5,12,14,20H,6-11,13H2,1-3H3,(H,21,24). The van der Waals surface area contributed by atoms with Gasteiger partial charge in [0.2, 0.25) is 5.91 Å². The molecule has 1 aliphatic heterocycles. The topological polar surface area (TPSA) is 56.8 Å². The molecule has 1 aromatic carbocycles. The SMILES string of the molecule is COCCNCC(=O)NC(C)c1cc(F)ccc1N1CCN(C)CC1. The highest BCUT2D eigenvalue weighted by Crippen LogP contribution is 2.28. The summed E-state index contributed by atoms with van der Waals surface area (Å²) in [4.78, 5) is 16.6. The lowest BCUT2D eigenvalue weighted by Gasteiger charge is -2.36. The Morgan fingerprint density at radius 1 is 1.32 bits per heavy atom. The molecule has 7 heteroatoms. The number of likely N-dealkylation sites (N-methyl/N-ethyl adjacent to an activating group) is 1. The van der Waals surface area contributed by atoms with Crippen LogP contribution in [-0.4, -0.2) is 70.8 Å². The van der Waals surface area contributed by atoms with Crippen molar-refractivity contribution in [3.63, 3.8) is 0 Å². The second kappa shape index (κ2) is 9.70. The van der Waals surface area contributed by atoms with E-state index in [1.165, 1.54) is 12.1 Å². The fourth-order valence-electron chi connectivity index (χ4n) is 2.95. The molecule has 0 bridgehead atoms. The summed E-state index contributed by atoms with van der Waals surface area (Å²) in [5.74, 6) is -0.399. The van der Waals surface area contributed by atoms with Crippen molar-refractivity contribution in [2.45, 2.75) is 13.0 Å². The number of anilines is 1. The Bertz CT molecular complexity index is 562. The van der Waals surface area contributed by atoms with Crippen LogP contribution in [0.3, 0.4) is 0 Å². The maximum Gasteiger partial charge on any atom is 0.234 e. The highest BCUT2D eigenvalue weighted by atomic mass is 19.1. The molecule has 1 amide bonds. The average Bonchev–Trinajstić information content (AvgIpc) is 2.59. The van der Waals surface area contributed by atoms with Crippen LogP contribution in [-0.2, 0) is 9.53 Å². The molecule has 0 saturated carbocycles. The summed E-state index contributed by atoms with van der Waals surface area (Å²) in [6, 6.07) is 4.56. The molecule has 0 aromatic heterocycles. The molecular weight excluding hydrogens is 323 g/mol. The highest BCUT2D eigenvalue weighted by molar-refractivity contribution is 5.78. The fourth-order valence-corrected chi connectivity index (χ4v) is 2.95. The Kier molecular flexibility index (Phi) is 7.61. The van der Waals surface area contributed by atoms with Gasteiger partial charge in [0.05, 0.1) is 19.2 Å². The number of carbonyl (C=O) groups is 1. The molecule has 2 rings (SSSR count). The number of amides is 1. The lowest BCUT2D eigenvalue weighted by atomic mass is 10.0. The first-order chi connectivity index (χ1) is 12.0. The third-order valence-electron chi connectivity index (χ3n) is 4.45. The van der Waals surface area contributed by atoms with E-state index >= 15 is 0 Å². The van der Waals surface area contributed by atoms with Gasteiger partial charge in [-0.05, 0) is 32.2 Å². The summed E-state index contributed by atoms with van der Waals surface area (Å²) in [6.07, 6.45) is 0. The number of carbonyl (C=O) groups excluding carboxylic acids is 1. The van der Waals surface area contributed by atoms with E-state index in [0.29, 0.717) is 13.2 Å². The molecule has 25 heavy (non-hydrogen) atoms. The molecule has 1 aromatic rings. The zero-order valence-corrected chi connectivity index (χ0v) is 15.3. The van der Waals surface area contributed by atoms with Crippen LogP contribution < -0.4 is 15.5 Å². The number of hydrogen-bond donors (Lipinski definition) is 2. The second-order valence-corrected chi connectivity index (χ2v) is 6.45. The van der Waals surface area contributed by atoms with E-state index in [1.54, 1.807) is 7.11 Å². The van der Waals surface area contributed by atoms with Gasteiger partial charge >= 0.3 is 0 Å². The highest BCUT2D eigenvalue weighted by Gasteiger charge is 2.21. The van der Waals surface area contributed by atoms with Crippen LogP contribution in [0.1, 0.15) is 18.5 Å². The summed E-state index contributed by atoms with van der Waals surface area (Å²) in [5, 5.41) is 5.95. The molecule has 140 valence electrons. The van der Waals surface area contributed by atoms with Crippen LogP contribution in [0.5, 0.6) is 0 Å². The third-order valence-corrected chi connectivity index (χ3v) is 4.45. The molecule has 1 fully saturated rings. The van der Waals surface area contributed by atoms with Crippen molar-refractivity contribution in [2.75, 3.05) is 64.9 Å². The maximum atomic E-state index is 13.8. The quantitative estimate of drug-likeness (QED) is 0.684. The first-order valence-electron chi connectivity index (χ1n) is 8.73. The number of piperazine rings is 1. The van der Waals surface area contributed by atoms with Crippen LogP contribution in [0, 0.1) is 5.82 Å². The third kappa shape index (κ3) is 5.95. The number of methoxy groups -OCH3 is 1. The van der Waals surface area contributed by atoms with Crippen molar-refractivity contribution in [3.8, 4) is 0 Å². The predicted octanol–water partition coefficient (Wildman–Crippen LogP) is 0.991. The normalized spacial score (nSPS) is 16.7. The predicted molar refractivity (Wildman–Crippen MR) is 97.4 cm³/mol. The molecule has 1 heterocycles. The van der Waals surface area contributed by atoms with Gasteiger partial charge in [-0.1, -0.05) is 0 Å². The molecule has 2 N–H and O–H groups in total. The van der Waals surface area contributed by atoms with Crippen molar-refractivity contribution in [2.24, 2.45) is 0 Å². The van der Waals surface area contributed by atoms with Gasteiger partial charge < -0.3 is 25.2 Å². The average molecular weight is 352 g/mol. The largest absolute Gasteiger partial charge is 0.383 e. The van der Waals surface area contributed by atoms with Crippen LogP contribution >= 0.6 is 0 Å². The lowest BCUT2D eigenvalue weighted by Crippen LogP contribution is -2.45. The summed E-state index contributed by atoms with van der Waals surface area (Å²) in [6.45, 7) is 7.02. The van der Waals surface area contributed by atoms with Crippen molar-refractivity contribution < 1.29 is 13.9 Å². The number of ether oxygens (including phenoxy) is 1. The number of rotatable bonds is 8. The number of halogens is 1. The Morgan fingerprint density at radius 2 is 2.04 bits per heavy atom. The van der Waals surface area contributed by atoms with Crippen LogP contribution in [0.25, 0.3) is 0 Å². The monoisotopic (exact) mass is 352 g/mol. The molecule has 0 radical (unpaired) electrons. The molecular formula is C18H29FN4O2. The van der Waals surface area contributed by atoms with Gasteiger partial charge in [-0.2, -0.15) is 0 Å². The van der Waals surface area contributed by atoms with E-state index in [9.17, 15) is 9.18 Å². The second-order valence-electron chi connectivity index (χ2n) is 6.45. The number of nitrogens with zero attached hydrogens (tertiary/aromatic N) is 2. The minimum Gasteiger partial charge on any atom is -0.383 e. The minimum absolute atomic E-state index is 0.114. The van der Waals surface area contributed by atoms with Crippen molar-refractivity contribution in [1.29, 1.82) is 0 Å². The van der Waals surface area contributed by atoms with Gasteiger partial charge in [-0.15, -0.1) is 0 Å². The minimum atomic E-state index is -0.285. The number of benzene rings is 1. The first-order valence-corrected chi connectivity index (χ1v) is 8.73. The van der Waals surface area contributed by atoms with E-state index in [1.807, 2.05) is 13.0 Å². The van der Waals surface area contributed by atoms with Gasteiger partial charge in [0.15, 0.2) is 0 Å². The van der Waals surface area contributed by atoms with E-state index in [-0.39, 0.29) is 24.3 Å². The van der Waals surface area contributed by atoms with E-state index in [0.717, 1.165) is 37.4 Å². The van der Waals surface area contributed by atoms with Crippen molar-refractivity contribution in [1.82, 2.24) is 15.5 Å². The summed E-state index contributed by atoms with van der Waals surface area (Å²) < 4.78 is 18.7. The van der Waals surface area contributed by atoms with Crippen LogP contribution in [0.4, 0.5) is 10.1 Å². The van der Waals surface area contributed by atoms with Crippen LogP contribution in [0.2, 0.25) is 0 Å². The molecule has 0 spiro atoms. The Hall–Kier alpha value is -1.70. The van der Waals surface area contributed by atoms with Crippen LogP contribution in [0.15, 0.2) is 18.2 Å². The Labute approximate surface area is 149 Å². The summed E-state index contributed by atoms with van der Waals surface area (Å²) in [5.41, 5.74) is 1.81. The molecule has 1 aliphatic rings. The lowest BCUT2D eigenvalue weighted by molar-refractivity contribution is -0.120. The zero-order chi connectivity index (χ0) is 18.2. The zero-order valence-electron chi connectivity index (χ0n) is 15.3. The van der Waals surface area contributed by atoms with E-state index < -0.39 is 0 Å². The van der Waals surface area contributed by atoms with Crippen molar-refractivity contribution >= 4 is 11.6 Å². The summed E-state index contributed by atoms with van der Waals surface area (Å²) in [7, 11) is 3.72. The maximum absolute atomic E-state index is 13.8. The van der Waals surface area contributed by atoms with Gasteiger partial charge in [-0.25, -0.2) is 4.39 Å². The van der Waals surface area contributed by atoms with E-state index in [4.69, 9.17) is 4.74 Å². The van der Waals surface area contributed by atoms with Gasteiger partial charge in [0.1, 0.15) is 5.82 Å². The molecule has 0 aliphatic carbocycles. The van der Waals surface area contributed by atoms with Crippen molar-refractivity contribution in [3.05, 3.63) is 29.6 Å². The molecule has 1 saturated heterocycles. The molecule has 1 unspecified atom stereocenters. The van der Waals surface area contributed by atoms with Gasteiger partial charge in [0, 0.05) is 51.1 Å². The molecule has 6 nitrogen and oxygen atoms in total. The fraction of sp³-hybridized carbons (Fsp3) is 0.611. The number of hydrogen-bond acceptors (Lipinski definition) is 5. The van der Waals surface area contributed by atoms with E-state index in [2.05, 4.69) is 27.5 Å². The summed E-state index contributed by atoms with van der Waals surface area (Å²) >= 11 is 0. The Morgan fingerprint density at radius 3 is 2.72 bits per heavy atom. The smallest absolute Gasteiger partial charge is 0.234 e. The van der Waals surface area contributed by atoms with Gasteiger partial charge in [-0.3, -0.25) is 4.79 Å². The number of nitrogens with one attached hydrogen (secondary N) is 2. The molecule has 1 atom stereocenters. The Balaban J connectivity index is 2.01. The first kappa shape index (κ1) is 19.6.